The molecule has 78 valence electrons. The number of pyridine rings is 1. The van der Waals surface area contributed by atoms with E-state index in [0.29, 0.717) is 0 Å². The summed E-state index contributed by atoms with van der Waals surface area (Å²) in [4.78, 5) is 4.08. The average molecular weight is 220 g/mol. The van der Waals surface area contributed by atoms with E-state index < -0.39 is 0 Å². The molecule has 0 saturated heterocycles. The Balaban J connectivity index is 2.73. The molecule has 0 fully saturated rings. The predicted molar refractivity (Wildman–Crippen MR) is 65.5 cm³/mol. The van der Waals surface area contributed by atoms with Crippen molar-refractivity contribution in [1.29, 1.82) is 0 Å². The van der Waals surface area contributed by atoms with E-state index in [4.69, 9.17) is 11.6 Å². The molecule has 0 aliphatic heterocycles. The average Bonchev–Trinajstić information content (AvgIpc) is 2.16. The topological polar surface area (TPSA) is 12.9 Å². The summed E-state index contributed by atoms with van der Waals surface area (Å²) in [7, 11) is 0. The first-order valence-corrected chi connectivity index (χ1v) is 5.40. The molecule has 0 radical (unpaired) electrons. The summed E-state index contributed by atoms with van der Waals surface area (Å²) < 4.78 is 0. The van der Waals surface area contributed by atoms with Crippen molar-refractivity contribution in [2.24, 2.45) is 0 Å². The zero-order chi connectivity index (χ0) is 11.1. The van der Waals surface area contributed by atoms with Gasteiger partial charge in [0.2, 0.25) is 0 Å². The van der Waals surface area contributed by atoms with Crippen molar-refractivity contribution in [3.8, 4) is 0 Å². The molecule has 1 nitrogen and oxygen atoms in total. The Kier molecular flexibility index (Phi) is 2.43. The molecule has 1 aromatic heterocycles. The predicted octanol–water partition coefficient (Wildman–Crippen LogP) is 4.19. The number of rotatable bonds is 0. The van der Waals surface area contributed by atoms with Crippen LogP contribution in [0.25, 0.3) is 10.8 Å². The van der Waals surface area contributed by atoms with Crippen LogP contribution in [0.15, 0.2) is 30.6 Å². The molecular weight excluding hydrogens is 206 g/mol. The molecule has 0 atom stereocenters. The van der Waals surface area contributed by atoms with Crippen molar-refractivity contribution in [1.82, 2.24) is 4.98 Å². The van der Waals surface area contributed by atoms with E-state index in [9.17, 15) is 0 Å². The Morgan fingerprint density at radius 3 is 2.60 bits per heavy atom. The lowest BCUT2D eigenvalue weighted by molar-refractivity contribution is 0.591. The van der Waals surface area contributed by atoms with Gasteiger partial charge in [-0.15, -0.1) is 0 Å². The van der Waals surface area contributed by atoms with Gasteiger partial charge in [0.15, 0.2) is 0 Å². The molecule has 0 saturated carbocycles. The van der Waals surface area contributed by atoms with Crippen molar-refractivity contribution in [3.05, 3.63) is 41.2 Å². The van der Waals surface area contributed by atoms with E-state index >= 15 is 0 Å². The summed E-state index contributed by atoms with van der Waals surface area (Å²) in [6.45, 7) is 6.56. The van der Waals surface area contributed by atoms with Gasteiger partial charge < -0.3 is 0 Å². The highest BCUT2D eigenvalue weighted by molar-refractivity contribution is 6.35. The fourth-order valence-electron chi connectivity index (χ4n) is 1.59. The molecule has 0 spiro atoms. The lowest BCUT2D eigenvalue weighted by Gasteiger charge is -2.20. The first-order chi connectivity index (χ1) is 6.98. The van der Waals surface area contributed by atoms with Crippen LogP contribution < -0.4 is 0 Å². The van der Waals surface area contributed by atoms with Crippen LogP contribution in [0.2, 0.25) is 5.02 Å². The Labute approximate surface area is 95.1 Å². The van der Waals surface area contributed by atoms with Gasteiger partial charge >= 0.3 is 0 Å². The molecule has 0 aliphatic carbocycles. The van der Waals surface area contributed by atoms with E-state index in [0.717, 1.165) is 15.8 Å². The van der Waals surface area contributed by atoms with Crippen molar-refractivity contribution >= 4 is 22.4 Å². The Morgan fingerprint density at radius 2 is 1.93 bits per heavy atom. The second kappa shape index (κ2) is 3.49. The van der Waals surface area contributed by atoms with Crippen LogP contribution >= 0.6 is 11.6 Å². The Hall–Kier alpha value is -1.08. The quantitative estimate of drug-likeness (QED) is 0.648. The summed E-state index contributed by atoms with van der Waals surface area (Å²) in [6.07, 6.45) is 3.61. The van der Waals surface area contributed by atoms with E-state index in [1.54, 1.807) is 6.20 Å². The van der Waals surface area contributed by atoms with Gasteiger partial charge in [-0.2, -0.15) is 0 Å². The first-order valence-electron chi connectivity index (χ1n) is 5.02. The molecule has 15 heavy (non-hydrogen) atoms. The highest BCUT2D eigenvalue weighted by atomic mass is 35.5. The van der Waals surface area contributed by atoms with Crippen LogP contribution in [0.5, 0.6) is 0 Å². The van der Waals surface area contributed by atoms with Gasteiger partial charge in [0, 0.05) is 17.8 Å². The highest BCUT2D eigenvalue weighted by Crippen LogP contribution is 2.30. The monoisotopic (exact) mass is 219 g/mol. The van der Waals surface area contributed by atoms with Crippen molar-refractivity contribution in [3.63, 3.8) is 0 Å². The number of halogens is 1. The van der Waals surface area contributed by atoms with Crippen molar-refractivity contribution in [2.75, 3.05) is 0 Å². The van der Waals surface area contributed by atoms with Crippen LogP contribution in [-0.4, -0.2) is 4.98 Å². The van der Waals surface area contributed by atoms with Gasteiger partial charge in [0.1, 0.15) is 0 Å². The maximum atomic E-state index is 6.23. The SMILES string of the molecule is CC(C)(C)c1cc(Cl)c2cnccc2c1. The molecule has 2 rings (SSSR count). The fourth-order valence-corrected chi connectivity index (χ4v) is 1.86. The van der Waals surface area contributed by atoms with E-state index in [1.165, 1.54) is 5.56 Å². The fraction of sp³-hybridized carbons (Fsp3) is 0.308. The zero-order valence-electron chi connectivity index (χ0n) is 9.21. The third kappa shape index (κ3) is 1.98. The zero-order valence-corrected chi connectivity index (χ0v) is 9.97. The number of benzene rings is 1. The maximum Gasteiger partial charge on any atom is 0.0502 e. The smallest absolute Gasteiger partial charge is 0.0502 e. The second-order valence-corrected chi connectivity index (χ2v) is 5.21. The standard InChI is InChI=1S/C13H14ClN/c1-13(2,3)10-6-9-4-5-15-8-11(9)12(14)7-10/h4-8H,1-3H3. The summed E-state index contributed by atoms with van der Waals surface area (Å²) in [5, 5.41) is 2.96. The van der Waals surface area contributed by atoms with E-state index in [1.807, 2.05) is 18.3 Å². The summed E-state index contributed by atoms with van der Waals surface area (Å²) in [5.41, 5.74) is 1.38. The molecule has 1 heterocycles. The van der Waals surface area contributed by atoms with Crippen molar-refractivity contribution < 1.29 is 0 Å². The van der Waals surface area contributed by atoms with Gasteiger partial charge in [-0.1, -0.05) is 38.4 Å². The minimum Gasteiger partial charge on any atom is -0.264 e. The van der Waals surface area contributed by atoms with Crippen LogP contribution in [0.3, 0.4) is 0 Å². The number of nitrogens with zero attached hydrogens (tertiary/aromatic N) is 1. The van der Waals surface area contributed by atoms with Gasteiger partial charge in [0.25, 0.3) is 0 Å². The molecule has 1 aromatic carbocycles. The third-order valence-electron chi connectivity index (χ3n) is 2.57. The van der Waals surface area contributed by atoms with Crippen LogP contribution in [-0.2, 0) is 5.41 Å². The largest absolute Gasteiger partial charge is 0.264 e. The van der Waals surface area contributed by atoms with Crippen LogP contribution in [0.1, 0.15) is 26.3 Å². The normalized spacial score (nSPS) is 12.0. The minimum atomic E-state index is 0.126. The number of aromatic nitrogens is 1. The summed E-state index contributed by atoms with van der Waals surface area (Å²) in [6, 6.07) is 6.21. The molecule has 0 amide bonds. The molecule has 0 unspecified atom stereocenters. The molecule has 2 aromatic rings. The number of hydrogen-bond acceptors (Lipinski definition) is 1. The molecule has 0 N–H and O–H groups in total. The Morgan fingerprint density at radius 1 is 1.20 bits per heavy atom. The lowest BCUT2D eigenvalue weighted by atomic mass is 9.86. The number of hydrogen-bond donors (Lipinski definition) is 0. The molecule has 0 bridgehead atoms. The van der Waals surface area contributed by atoms with E-state index in [-0.39, 0.29) is 5.41 Å². The second-order valence-electron chi connectivity index (χ2n) is 4.80. The Bertz CT molecular complexity index is 497. The lowest BCUT2D eigenvalue weighted by Crippen LogP contribution is -2.10. The maximum absolute atomic E-state index is 6.23. The van der Waals surface area contributed by atoms with E-state index in [2.05, 4.69) is 31.8 Å². The van der Waals surface area contributed by atoms with Gasteiger partial charge in [-0.3, -0.25) is 4.98 Å². The van der Waals surface area contributed by atoms with Crippen molar-refractivity contribution in [2.45, 2.75) is 26.2 Å². The van der Waals surface area contributed by atoms with Gasteiger partial charge in [-0.05, 0) is 28.5 Å². The molecule has 2 heteroatoms. The summed E-state index contributed by atoms with van der Waals surface area (Å²) >= 11 is 6.23. The van der Waals surface area contributed by atoms with Gasteiger partial charge in [-0.25, -0.2) is 0 Å². The third-order valence-corrected chi connectivity index (χ3v) is 2.88. The first kappa shape index (κ1) is 10.4. The molecule has 0 aliphatic rings. The van der Waals surface area contributed by atoms with Gasteiger partial charge in [0.05, 0.1) is 5.02 Å². The minimum absolute atomic E-state index is 0.126. The molecular formula is C13H14ClN. The van der Waals surface area contributed by atoms with Crippen LogP contribution in [0, 0.1) is 0 Å². The number of fused-ring (bicyclic) bond motifs is 1. The summed E-state index contributed by atoms with van der Waals surface area (Å²) in [5.74, 6) is 0. The van der Waals surface area contributed by atoms with Crippen LogP contribution in [0.4, 0.5) is 0 Å². The highest BCUT2D eigenvalue weighted by Gasteiger charge is 2.15.